The van der Waals surface area contributed by atoms with Gasteiger partial charge in [0.15, 0.2) is 0 Å². The van der Waals surface area contributed by atoms with Crippen LogP contribution in [0.2, 0.25) is 0 Å². The minimum absolute atomic E-state index is 0.0490. The Hall–Kier alpha value is -2.25. The maximum Gasteiger partial charge on any atom is 0.267 e. The topological polar surface area (TPSA) is 79.9 Å². The van der Waals surface area contributed by atoms with E-state index in [1.54, 1.807) is 12.4 Å². The Morgan fingerprint density at radius 3 is 3.23 bits per heavy atom. The number of benzene rings is 1. The monoisotopic (exact) mass is 314 g/mol. The first kappa shape index (κ1) is 13.4. The average molecular weight is 314 g/mol. The van der Waals surface area contributed by atoms with Gasteiger partial charge in [0.2, 0.25) is 0 Å². The lowest BCUT2D eigenvalue weighted by Crippen LogP contribution is -2.09. The molecule has 1 aliphatic rings. The van der Waals surface area contributed by atoms with Gasteiger partial charge >= 0.3 is 0 Å². The van der Waals surface area contributed by atoms with Crippen LogP contribution < -0.4 is 5.32 Å². The number of nitrogens with one attached hydrogen (secondary N) is 2. The van der Waals surface area contributed by atoms with Crippen molar-refractivity contribution in [3.05, 3.63) is 40.5 Å². The second-order valence-electron chi connectivity index (χ2n) is 5.19. The molecule has 1 saturated heterocycles. The van der Waals surface area contributed by atoms with Crippen LogP contribution in [0.15, 0.2) is 30.6 Å². The predicted octanol–water partition coefficient (Wildman–Crippen LogP) is 3.12. The first-order valence-electron chi connectivity index (χ1n) is 7.11. The fourth-order valence-corrected chi connectivity index (χ4v) is 3.42. The molecule has 0 spiro atoms. The first-order valence-corrected chi connectivity index (χ1v) is 7.93. The quantitative estimate of drug-likeness (QED) is 0.778. The van der Waals surface area contributed by atoms with Crippen LogP contribution in [0.1, 0.15) is 33.6 Å². The fourth-order valence-electron chi connectivity index (χ4n) is 2.52. The van der Waals surface area contributed by atoms with Crippen LogP contribution in [0.4, 0.5) is 5.69 Å². The molecule has 7 heteroatoms. The number of thiazole rings is 1. The van der Waals surface area contributed by atoms with Gasteiger partial charge in [-0.05, 0) is 31.0 Å². The van der Waals surface area contributed by atoms with Crippen molar-refractivity contribution in [2.75, 3.05) is 11.9 Å². The molecule has 112 valence electrons. The van der Waals surface area contributed by atoms with E-state index >= 15 is 0 Å². The number of amides is 1. The molecule has 2 aromatic heterocycles. The number of nitrogens with zero attached hydrogens (tertiary/aromatic N) is 2. The number of hydrogen-bond donors (Lipinski definition) is 2. The lowest BCUT2D eigenvalue weighted by molar-refractivity contribution is 0.103. The van der Waals surface area contributed by atoms with Gasteiger partial charge in [0.05, 0.1) is 17.9 Å². The summed E-state index contributed by atoms with van der Waals surface area (Å²) < 4.78 is 5.59. The predicted molar refractivity (Wildman–Crippen MR) is 84.1 cm³/mol. The van der Waals surface area contributed by atoms with Crippen molar-refractivity contribution in [2.45, 2.75) is 18.9 Å². The summed E-state index contributed by atoms with van der Waals surface area (Å²) in [5.41, 5.74) is 1.62. The smallest absolute Gasteiger partial charge is 0.267 e. The van der Waals surface area contributed by atoms with Gasteiger partial charge in [0, 0.05) is 17.7 Å². The number of rotatable bonds is 3. The van der Waals surface area contributed by atoms with E-state index in [1.807, 2.05) is 18.2 Å². The molecule has 1 atom stereocenters. The van der Waals surface area contributed by atoms with Crippen molar-refractivity contribution in [2.24, 2.45) is 0 Å². The van der Waals surface area contributed by atoms with Crippen LogP contribution in [0.5, 0.6) is 0 Å². The van der Waals surface area contributed by atoms with Crippen molar-refractivity contribution >= 4 is 33.8 Å². The number of anilines is 1. The number of aromatic amines is 1. The van der Waals surface area contributed by atoms with E-state index in [-0.39, 0.29) is 12.0 Å². The van der Waals surface area contributed by atoms with Gasteiger partial charge in [-0.1, -0.05) is 0 Å². The Balaban J connectivity index is 1.51. The van der Waals surface area contributed by atoms with E-state index in [2.05, 4.69) is 20.5 Å². The largest absolute Gasteiger partial charge is 0.371 e. The number of hydrogen-bond acceptors (Lipinski definition) is 5. The van der Waals surface area contributed by atoms with Crippen molar-refractivity contribution < 1.29 is 9.53 Å². The van der Waals surface area contributed by atoms with Crippen molar-refractivity contribution in [3.8, 4) is 0 Å². The van der Waals surface area contributed by atoms with Crippen molar-refractivity contribution in [3.63, 3.8) is 0 Å². The molecule has 6 nitrogen and oxygen atoms in total. The highest BCUT2D eigenvalue weighted by atomic mass is 32.1. The van der Waals surface area contributed by atoms with Gasteiger partial charge in [-0.25, -0.2) is 4.98 Å². The molecule has 3 heterocycles. The third kappa shape index (κ3) is 2.49. The second-order valence-corrected chi connectivity index (χ2v) is 6.25. The summed E-state index contributed by atoms with van der Waals surface area (Å²) >= 11 is 1.39. The second kappa shape index (κ2) is 5.51. The molecule has 0 radical (unpaired) electrons. The summed E-state index contributed by atoms with van der Waals surface area (Å²) in [4.78, 5) is 17.2. The molecule has 1 amide bonds. The van der Waals surface area contributed by atoms with Crippen molar-refractivity contribution in [1.82, 2.24) is 15.2 Å². The number of aromatic nitrogens is 3. The average Bonchev–Trinajstić information content (AvgIpc) is 3.26. The molecule has 0 saturated carbocycles. The Morgan fingerprint density at radius 2 is 2.36 bits per heavy atom. The zero-order valence-corrected chi connectivity index (χ0v) is 12.5. The van der Waals surface area contributed by atoms with E-state index in [4.69, 9.17) is 4.74 Å². The Kier molecular flexibility index (Phi) is 3.36. The van der Waals surface area contributed by atoms with Crippen LogP contribution in [0, 0.1) is 0 Å². The molecule has 0 aliphatic carbocycles. The zero-order valence-electron chi connectivity index (χ0n) is 11.7. The standard InChI is InChI=1S/C15H14N4O2S/c20-14(13-8-16-15(22-13)12-2-1-5-21-12)18-10-4-3-9-7-17-19-11(9)6-10/h3-4,6-8,12H,1-2,5H2,(H,17,19)(H,18,20). The summed E-state index contributed by atoms with van der Waals surface area (Å²) in [5.74, 6) is -0.152. The molecule has 3 aromatic rings. The van der Waals surface area contributed by atoms with Crippen LogP contribution in [-0.2, 0) is 4.74 Å². The Morgan fingerprint density at radius 1 is 1.41 bits per heavy atom. The maximum atomic E-state index is 12.3. The molecule has 1 fully saturated rings. The minimum atomic E-state index is -0.152. The molecule has 4 rings (SSSR count). The molecule has 2 N–H and O–H groups in total. The van der Waals surface area contributed by atoms with Gasteiger partial charge in [0.1, 0.15) is 16.0 Å². The number of ether oxygens (including phenoxy) is 1. The lowest BCUT2D eigenvalue weighted by atomic mass is 10.2. The molecular weight excluding hydrogens is 300 g/mol. The van der Waals surface area contributed by atoms with Gasteiger partial charge in [-0.2, -0.15) is 5.10 Å². The maximum absolute atomic E-state index is 12.3. The molecule has 0 bridgehead atoms. The summed E-state index contributed by atoms with van der Waals surface area (Å²) in [6.45, 7) is 0.774. The van der Waals surface area contributed by atoms with E-state index in [0.717, 1.165) is 41.0 Å². The van der Waals surface area contributed by atoms with Crippen LogP contribution in [0.3, 0.4) is 0 Å². The zero-order chi connectivity index (χ0) is 14.9. The van der Waals surface area contributed by atoms with E-state index in [9.17, 15) is 4.79 Å². The van der Waals surface area contributed by atoms with Crippen LogP contribution in [0.25, 0.3) is 10.9 Å². The SMILES string of the molecule is O=C(Nc1ccc2cn[nH]c2c1)c1cnc(C2CCCO2)s1. The number of fused-ring (bicyclic) bond motifs is 1. The van der Waals surface area contributed by atoms with Gasteiger partial charge in [-0.15, -0.1) is 11.3 Å². The highest BCUT2D eigenvalue weighted by molar-refractivity contribution is 7.13. The van der Waals surface area contributed by atoms with E-state index in [1.165, 1.54) is 11.3 Å². The highest BCUT2D eigenvalue weighted by Crippen LogP contribution is 2.31. The summed E-state index contributed by atoms with van der Waals surface area (Å²) in [7, 11) is 0. The van der Waals surface area contributed by atoms with Gasteiger partial charge < -0.3 is 10.1 Å². The fraction of sp³-hybridized carbons (Fsp3) is 0.267. The Labute approximate surface area is 130 Å². The van der Waals surface area contributed by atoms with Crippen LogP contribution >= 0.6 is 11.3 Å². The Bertz CT molecular complexity index is 820. The molecular formula is C15H14N4O2S. The lowest BCUT2D eigenvalue weighted by Gasteiger charge is -2.04. The third-order valence-electron chi connectivity index (χ3n) is 3.65. The summed E-state index contributed by atoms with van der Waals surface area (Å²) in [5, 5.41) is 11.6. The van der Waals surface area contributed by atoms with Gasteiger partial charge in [0.25, 0.3) is 5.91 Å². The first-order chi connectivity index (χ1) is 10.8. The normalized spacial score (nSPS) is 17.9. The van der Waals surface area contributed by atoms with E-state index in [0.29, 0.717) is 4.88 Å². The molecule has 1 aromatic carbocycles. The summed E-state index contributed by atoms with van der Waals surface area (Å²) in [6, 6.07) is 5.64. The molecule has 1 unspecified atom stereocenters. The van der Waals surface area contributed by atoms with Crippen molar-refractivity contribution in [1.29, 1.82) is 0 Å². The highest BCUT2D eigenvalue weighted by Gasteiger charge is 2.22. The molecule has 1 aliphatic heterocycles. The van der Waals surface area contributed by atoms with Gasteiger partial charge in [-0.3, -0.25) is 9.89 Å². The number of carbonyl (C=O) groups is 1. The number of H-pyrrole nitrogens is 1. The third-order valence-corrected chi connectivity index (χ3v) is 4.74. The number of carbonyl (C=O) groups excluding carboxylic acids is 1. The van der Waals surface area contributed by atoms with Crippen LogP contribution in [-0.4, -0.2) is 27.7 Å². The minimum Gasteiger partial charge on any atom is -0.371 e. The molecule has 22 heavy (non-hydrogen) atoms. The van der Waals surface area contributed by atoms with E-state index < -0.39 is 0 Å². The summed E-state index contributed by atoms with van der Waals surface area (Å²) in [6.07, 6.45) is 5.44.